The monoisotopic (exact) mass is 244 g/mol. The molecule has 0 aliphatic heterocycles. The Morgan fingerprint density at radius 1 is 1.06 bits per heavy atom. The average molecular weight is 244 g/mol. The van der Waals surface area contributed by atoms with Crippen LogP contribution in [-0.4, -0.2) is 12.5 Å². The Labute approximate surface area is 110 Å². The fourth-order valence-corrected chi connectivity index (χ4v) is 2.67. The second-order valence-corrected chi connectivity index (χ2v) is 5.20. The van der Waals surface area contributed by atoms with Crippen LogP contribution in [0.25, 0.3) is 0 Å². The van der Waals surface area contributed by atoms with Crippen molar-refractivity contribution in [1.29, 1.82) is 0 Å². The molecule has 0 spiro atoms. The second-order valence-electron chi connectivity index (χ2n) is 5.20. The normalized spacial score (nSPS) is 17.1. The molecule has 1 fully saturated rings. The average Bonchev–Trinajstić information content (AvgIpc) is 2.68. The molecule has 0 N–H and O–H groups in total. The van der Waals surface area contributed by atoms with Crippen LogP contribution in [-0.2, 0) is 0 Å². The summed E-state index contributed by atoms with van der Waals surface area (Å²) in [6.07, 6.45) is 9.23. The van der Waals surface area contributed by atoms with E-state index in [4.69, 9.17) is 0 Å². The summed E-state index contributed by atoms with van der Waals surface area (Å²) in [5.41, 5.74) is 0.707. The number of carbonyl (C=O) groups is 1. The van der Waals surface area contributed by atoms with E-state index in [1.54, 1.807) is 0 Å². The lowest BCUT2D eigenvalue weighted by Gasteiger charge is -2.12. The molecule has 0 bridgehead atoms. The van der Waals surface area contributed by atoms with Gasteiger partial charge in [-0.05, 0) is 24.5 Å². The van der Waals surface area contributed by atoms with Gasteiger partial charge in [-0.15, -0.1) is 0 Å². The number of nitrogens with zero attached hydrogens (tertiary/aromatic N) is 1. The van der Waals surface area contributed by atoms with Gasteiger partial charge in [0, 0.05) is 12.1 Å². The molecule has 2 rings (SSSR count). The largest absolute Gasteiger partial charge is 0.272 e. The zero-order valence-electron chi connectivity index (χ0n) is 11.0. The van der Waals surface area contributed by atoms with Gasteiger partial charge >= 0.3 is 0 Å². The molecule has 2 nitrogen and oxygen atoms in total. The highest BCUT2D eigenvalue weighted by molar-refractivity contribution is 5.93. The first-order valence-electron chi connectivity index (χ1n) is 7.13. The number of benzene rings is 1. The van der Waals surface area contributed by atoms with E-state index in [9.17, 15) is 4.79 Å². The van der Waals surface area contributed by atoms with Crippen molar-refractivity contribution in [2.45, 2.75) is 44.9 Å². The number of amides is 1. The highest BCUT2D eigenvalue weighted by atomic mass is 16.1. The van der Waals surface area contributed by atoms with Crippen molar-refractivity contribution in [1.82, 2.24) is 5.32 Å². The predicted molar refractivity (Wildman–Crippen MR) is 73.6 cm³/mol. The van der Waals surface area contributed by atoms with Crippen LogP contribution >= 0.6 is 0 Å². The molecule has 1 amide bonds. The quantitative estimate of drug-likeness (QED) is 0.741. The Bertz CT molecular complexity index is 353. The smallest absolute Gasteiger partial charge is 0.267 e. The molecular weight excluding hydrogens is 222 g/mol. The van der Waals surface area contributed by atoms with Gasteiger partial charge in [-0.2, -0.15) is 0 Å². The topological polar surface area (TPSA) is 31.2 Å². The zero-order chi connectivity index (χ0) is 12.6. The molecule has 1 aromatic rings. The van der Waals surface area contributed by atoms with Gasteiger partial charge in [0.15, 0.2) is 0 Å². The van der Waals surface area contributed by atoms with Crippen molar-refractivity contribution in [3.8, 4) is 0 Å². The minimum atomic E-state index is -0.0655. The predicted octanol–water partition coefficient (Wildman–Crippen LogP) is 3.79. The van der Waals surface area contributed by atoms with Crippen LogP contribution in [0.5, 0.6) is 0 Å². The molecular formula is C16H22NO. The van der Waals surface area contributed by atoms with E-state index in [0.717, 1.165) is 12.3 Å². The van der Waals surface area contributed by atoms with E-state index in [1.807, 2.05) is 30.3 Å². The van der Waals surface area contributed by atoms with Gasteiger partial charge in [-0.3, -0.25) is 4.79 Å². The molecule has 1 aliphatic rings. The molecule has 0 unspecified atom stereocenters. The molecule has 97 valence electrons. The van der Waals surface area contributed by atoms with Crippen LogP contribution in [0, 0.1) is 5.92 Å². The van der Waals surface area contributed by atoms with E-state index in [0.29, 0.717) is 12.1 Å². The van der Waals surface area contributed by atoms with Crippen molar-refractivity contribution in [2.75, 3.05) is 6.54 Å². The lowest BCUT2D eigenvalue weighted by Crippen LogP contribution is -2.19. The van der Waals surface area contributed by atoms with Crippen LogP contribution in [0.2, 0.25) is 0 Å². The number of hydrogen-bond acceptors (Lipinski definition) is 1. The molecule has 0 saturated heterocycles. The SMILES string of the molecule is O=C([N]CCC1CCCCCC1)c1ccccc1. The summed E-state index contributed by atoms with van der Waals surface area (Å²) in [6, 6.07) is 9.35. The van der Waals surface area contributed by atoms with Crippen molar-refractivity contribution < 1.29 is 4.79 Å². The lowest BCUT2D eigenvalue weighted by molar-refractivity contribution is 0.0946. The fourth-order valence-electron chi connectivity index (χ4n) is 2.67. The molecule has 2 heteroatoms. The Kier molecular flexibility index (Phi) is 5.25. The maximum atomic E-state index is 11.8. The van der Waals surface area contributed by atoms with Gasteiger partial charge < -0.3 is 0 Å². The molecule has 0 aromatic heterocycles. The molecule has 1 saturated carbocycles. The Morgan fingerprint density at radius 2 is 1.72 bits per heavy atom. The minimum absolute atomic E-state index is 0.0655. The molecule has 0 heterocycles. The fraction of sp³-hybridized carbons (Fsp3) is 0.562. The van der Waals surface area contributed by atoms with Crippen LogP contribution in [0.4, 0.5) is 0 Å². The first-order valence-corrected chi connectivity index (χ1v) is 7.13. The third kappa shape index (κ3) is 4.17. The highest BCUT2D eigenvalue weighted by Crippen LogP contribution is 2.24. The lowest BCUT2D eigenvalue weighted by atomic mass is 9.97. The van der Waals surface area contributed by atoms with Gasteiger partial charge in [0.2, 0.25) is 0 Å². The summed E-state index contributed by atoms with van der Waals surface area (Å²) < 4.78 is 0. The van der Waals surface area contributed by atoms with Crippen LogP contribution in [0.3, 0.4) is 0 Å². The van der Waals surface area contributed by atoms with E-state index < -0.39 is 0 Å². The molecule has 1 aliphatic carbocycles. The van der Waals surface area contributed by atoms with Crippen molar-refractivity contribution in [2.24, 2.45) is 5.92 Å². The Morgan fingerprint density at radius 3 is 2.39 bits per heavy atom. The van der Waals surface area contributed by atoms with E-state index in [2.05, 4.69) is 5.32 Å². The van der Waals surface area contributed by atoms with Crippen LogP contribution < -0.4 is 5.32 Å². The second kappa shape index (κ2) is 7.20. The van der Waals surface area contributed by atoms with E-state index >= 15 is 0 Å². The minimum Gasteiger partial charge on any atom is -0.267 e. The maximum absolute atomic E-state index is 11.8. The van der Waals surface area contributed by atoms with Crippen molar-refractivity contribution >= 4 is 5.91 Å². The molecule has 1 radical (unpaired) electrons. The van der Waals surface area contributed by atoms with Crippen molar-refractivity contribution in [3.05, 3.63) is 35.9 Å². The summed E-state index contributed by atoms with van der Waals surface area (Å²) >= 11 is 0. The summed E-state index contributed by atoms with van der Waals surface area (Å²) in [7, 11) is 0. The van der Waals surface area contributed by atoms with Gasteiger partial charge in [-0.25, -0.2) is 5.32 Å². The maximum Gasteiger partial charge on any atom is 0.272 e. The molecule has 18 heavy (non-hydrogen) atoms. The Balaban J connectivity index is 1.70. The zero-order valence-corrected chi connectivity index (χ0v) is 11.0. The van der Waals surface area contributed by atoms with Crippen molar-refractivity contribution in [3.63, 3.8) is 0 Å². The standard InChI is InChI=1S/C16H22NO/c18-16(15-10-6-3-7-11-15)17-13-12-14-8-4-1-2-5-9-14/h3,6-7,10-11,14H,1-2,4-5,8-9,12-13H2. The summed E-state index contributed by atoms with van der Waals surface area (Å²) in [4.78, 5) is 11.8. The third-order valence-corrected chi connectivity index (χ3v) is 3.79. The summed E-state index contributed by atoms with van der Waals surface area (Å²) in [5, 5.41) is 4.18. The third-order valence-electron chi connectivity index (χ3n) is 3.79. The van der Waals surface area contributed by atoms with Gasteiger partial charge in [0.25, 0.3) is 5.91 Å². The summed E-state index contributed by atoms with van der Waals surface area (Å²) in [6.45, 7) is 0.693. The van der Waals surface area contributed by atoms with E-state index in [1.165, 1.54) is 38.5 Å². The number of rotatable bonds is 4. The van der Waals surface area contributed by atoms with Gasteiger partial charge in [0.1, 0.15) is 0 Å². The first kappa shape index (κ1) is 13.1. The van der Waals surface area contributed by atoms with Gasteiger partial charge in [0.05, 0.1) is 0 Å². The number of carbonyl (C=O) groups excluding carboxylic acids is 1. The van der Waals surface area contributed by atoms with Crippen LogP contribution in [0.15, 0.2) is 30.3 Å². The number of hydrogen-bond donors (Lipinski definition) is 0. The molecule has 1 aromatic carbocycles. The van der Waals surface area contributed by atoms with Crippen LogP contribution in [0.1, 0.15) is 55.3 Å². The highest BCUT2D eigenvalue weighted by Gasteiger charge is 2.13. The van der Waals surface area contributed by atoms with E-state index in [-0.39, 0.29) is 5.91 Å². The summed E-state index contributed by atoms with van der Waals surface area (Å²) in [5.74, 6) is 0.726. The molecule has 0 atom stereocenters. The Hall–Kier alpha value is -1.31. The van der Waals surface area contributed by atoms with Gasteiger partial charge in [-0.1, -0.05) is 56.7 Å². The first-order chi connectivity index (χ1) is 8.86.